The Morgan fingerprint density at radius 2 is 2.05 bits per heavy atom. The zero-order valence-electron chi connectivity index (χ0n) is 11.8. The predicted molar refractivity (Wildman–Crippen MR) is 84.6 cm³/mol. The summed E-state index contributed by atoms with van der Waals surface area (Å²) < 4.78 is 0. The molecule has 2 aliphatic rings. The van der Waals surface area contributed by atoms with Crippen molar-refractivity contribution in [1.29, 1.82) is 0 Å². The Morgan fingerprint density at radius 1 is 1.19 bits per heavy atom. The first kappa shape index (κ1) is 13.0. The molecule has 1 saturated heterocycles. The van der Waals surface area contributed by atoms with Crippen LogP contribution in [0, 0.1) is 5.92 Å². The summed E-state index contributed by atoms with van der Waals surface area (Å²) in [6.07, 6.45) is 0. The lowest BCUT2D eigenvalue weighted by Gasteiger charge is -2.16. The fraction of sp³-hybridized carbons (Fsp3) is 0.353. The number of benzene rings is 1. The highest BCUT2D eigenvalue weighted by molar-refractivity contribution is 7.10. The van der Waals surface area contributed by atoms with E-state index in [4.69, 9.17) is 0 Å². The van der Waals surface area contributed by atoms with Crippen LogP contribution in [0.2, 0.25) is 0 Å². The Morgan fingerprint density at radius 3 is 2.90 bits per heavy atom. The van der Waals surface area contributed by atoms with Crippen molar-refractivity contribution in [3.8, 4) is 0 Å². The van der Waals surface area contributed by atoms with Crippen LogP contribution in [0.15, 0.2) is 41.8 Å². The average Bonchev–Trinajstić information content (AvgIpc) is 3.10. The molecule has 1 N–H and O–H groups in total. The summed E-state index contributed by atoms with van der Waals surface area (Å²) in [4.78, 5) is 15.9. The highest BCUT2D eigenvalue weighted by atomic mass is 32.1. The van der Waals surface area contributed by atoms with Gasteiger partial charge < -0.3 is 5.32 Å². The molecule has 1 amide bonds. The van der Waals surface area contributed by atoms with Crippen LogP contribution in [0.5, 0.6) is 0 Å². The van der Waals surface area contributed by atoms with E-state index in [1.165, 1.54) is 10.4 Å². The Kier molecular flexibility index (Phi) is 3.28. The van der Waals surface area contributed by atoms with Crippen molar-refractivity contribution in [3.63, 3.8) is 0 Å². The molecule has 0 spiro atoms. The zero-order chi connectivity index (χ0) is 14.2. The maximum absolute atomic E-state index is 12.1. The molecule has 2 aromatic rings. The van der Waals surface area contributed by atoms with Crippen molar-refractivity contribution in [2.45, 2.75) is 12.5 Å². The molecule has 3 heterocycles. The molecule has 1 fully saturated rings. The number of nitrogens with one attached hydrogen (secondary N) is 1. The Bertz CT molecular complexity index is 652. The van der Waals surface area contributed by atoms with E-state index in [-0.39, 0.29) is 5.91 Å². The Hall–Kier alpha value is -1.65. The second-order valence-corrected chi connectivity index (χ2v) is 6.90. The van der Waals surface area contributed by atoms with E-state index in [0.717, 1.165) is 31.7 Å². The predicted octanol–water partition coefficient (Wildman–Crippen LogP) is 2.71. The van der Waals surface area contributed by atoms with Gasteiger partial charge in [0.25, 0.3) is 5.91 Å². The van der Waals surface area contributed by atoms with Gasteiger partial charge in [-0.1, -0.05) is 30.3 Å². The van der Waals surface area contributed by atoms with Gasteiger partial charge in [0.2, 0.25) is 0 Å². The third-order valence-corrected chi connectivity index (χ3v) is 5.62. The number of fused-ring (bicyclic) bond motifs is 3. The molecule has 2 aliphatic heterocycles. The molecule has 4 heteroatoms. The molecule has 3 nitrogen and oxygen atoms in total. The third kappa shape index (κ3) is 2.39. The number of likely N-dealkylation sites (tertiary alicyclic amines) is 1. The molecular weight excluding hydrogens is 280 g/mol. The molecule has 1 aromatic heterocycles. The smallest absolute Gasteiger partial charge is 0.252 e. The van der Waals surface area contributed by atoms with Crippen LogP contribution < -0.4 is 5.32 Å². The standard InChI is InChI=1S/C17H18N2OS/c20-17-14-6-7-21-16(14)15-11-19(10-13(15)8-18-17)9-12-4-2-1-3-5-12/h1-7,13,15H,8-11H2,(H,18,20)/t13-,15-/m1/s1. The van der Waals surface area contributed by atoms with Gasteiger partial charge in [-0.15, -0.1) is 11.3 Å². The maximum atomic E-state index is 12.1. The lowest BCUT2D eigenvalue weighted by Crippen LogP contribution is -2.29. The number of amides is 1. The normalized spacial score (nSPS) is 25.0. The molecule has 0 bridgehead atoms. The fourth-order valence-electron chi connectivity index (χ4n) is 3.55. The number of hydrogen-bond donors (Lipinski definition) is 1. The average molecular weight is 298 g/mol. The highest BCUT2D eigenvalue weighted by Crippen LogP contribution is 2.39. The van der Waals surface area contributed by atoms with Gasteiger partial charge in [0, 0.05) is 37.0 Å². The minimum atomic E-state index is 0.107. The fourth-order valence-corrected chi connectivity index (χ4v) is 4.63. The molecule has 4 rings (SSSR count). The SMILES string of the molecule is O=C1NC[C@@H]2CN(Cc3ccccc3)C[C@H]2c2sccc21. The van der Waals surface area contributed by atoms with Gasteiger partial charge in [0.05, 0.1) is 5.56 Å². The summed E-state index contributed by atoms with van der Waals surface area (Å²) >= 11 is 1.74. The van der Waals surface area contributed by atoms with Crippen LogP contribution in [-0.4, -0.2) is 30.4 Å². The molecule has 21 heavy (non-hydrogen) atoms. The minimum Gasteiger partial charge on any atom is -0.352 e. The van der Waals surface area contributed by atoms with Gasteiger partial charge in [-0.3, -0.25) is 9.69 Å². The molecule has 108 valence electrons. The second-order valence-electron chi connectivity index (χ2n) is 5.95. The van der Waals surface area contributed by atoms with Crippen LogP contribution in [0.4, 0.5) is 0 Å². The molecule has 0 radical (unpaired) electrons. The maximum Gasteiger partial charge on any atom is 0.252 e. The summed E-state index contributed by atoms with van der Waals surface area (Å²) in [6, 6.07) is 12.6. The summed E-state index contributed by atoms with van der Waals surface area (Å²) in [7, 11) is 0. The first-order valence-electron chi connectivity index (χ1n) is 7.43. The molecule has 0 saturated carbocycles. The van der Waals surface area contributed by atoms with E-state index in [1.807, 2.05) is 11.4 Å². The summed E-state index contributed by atoms with van der Waals surface area (Å²) in [5.41, 5.74) is 2.26. The first-order valence-corrected chi connectivity index (χ1v) is 8.31. The monoisotopic (exact) mass is 298 g/mol. The highest BCUT2D eigenvalue weighted by Gasteiger charge is 2.38. The van der Waals surface area contributed by atoms with Gasteiger partial charge in [0.1, 0.15) is 0 Å². The number of nitrogens with zero attached hydrogens (tertiary/aromatic N) is 1. The van der Waals surface area contributed by atoms with Crippen molar-refractivity contribution in [2.75, 3.05) is 19.6 Å². The Balaban J connectivity index is 1.56. The van der Waals surface area contributed by atoms with E-state index in [9.17, 15) is 4.79 Å². The van der Waals surface area contributed by atoms with E-state index in [2.05, 4.69) is 40.5 Å². The topological polar surface area (TPSA) is 32.3 Å². The number of hydrogen-bond acceptors (Lipinski definition) is 3. The van der Waals surface area contributed by atoms with Crippen LogP contribution in [0.1, 0.15) is 26.7 Å². The third-order valence-electron chi connectivity index (χ3n) is 4.57. The minimum absolute atomic E-state index is 0.107. The van der Waals surface area contributed by atoms with E-state index < -0.39 is 0 Å². The number of carbonyl (C=O) groups is 1. The van der Waals surface area contributed by atoms with Gasteiger partial charge in [-0.25, -0.2) is 0 Å². The van der Waals surface area contributed by atoms with Crippen molar-refractivity contribution >= 4 is 17.2 Å². The van der Waals surface area contributed by atoms with Gasteiger partial charge in [-0.2, -0.15) is 0 Å². The number of rotatable bonds is 2. The van der Waals surface area contributed by atoms with Gasteiger partial charge >= 0.3 is 0 Å². The van der Waals surface area contributed by atoms with E-state index in [0.29, 0.717) is 11.8 Å². The lowest BCUT2D eigenvalue weighted by molar-refractivity contribution is 0.0951. The van der Waals surface area contributed by atoms with Crippen LogP contribution >= 0.6 is 11.3 Å². The quantitative estimate of drug-likeness (QED) is 0.924. The van der Waals surface area contributed by atoms with Crippen LogP contribution in [0.3, 0.4) is 0 Å². The molecule has 1 aromatic carbocycles. The summed E-state index contributed by atoms with van der Waals surface area (Å²) in [5.74, 6) is 1.15. The van der Waals surface area contributed by atoms with Gasteiger partial charge in [0.15, 0.2) is 0 Å². The second kappa shape index (κ2) is 5.28. The molecular formula is C17H18N2OS. The summed E-state index contributed by atoms with van der Waals surface area (Å²) in [5, 5.41) is 5.13. The van der Waals surface area contributed by atoms with Crippen molar-refractivity contribution < 1.29 is 4.79 Å². The largest absolute Gasteiger partial charge is 0.352 e. The van der Waals surface area contributed by atoms with E-state index in [1.54, 1.807) is 11.3 Å². The number of thiophene rings is 1. The molecule has 0 aliphatic carbocycles. The molecule has 0 unspecified atom stereocenters. The van der Waals surface area contributed by atoms with Crippen molar-refractivity contribution in [2.24, 2.45) is 5.92 Å². The van der Waals surface area contributed by atoms with Gasteiger partial charge in [-0.05, 0) is 22.9 Å². The molecule has 2 atom stereocenters. The summed E-state index contributed by atoms with van der Waals surface area (Å²) in [6.45, 7) is 3.93. The zero-order valence-corrected chi connectivity index (χ0v) is 12.6. The van der Waals surface area contributed by atoms with Crippen molar-refractivity contribution in [3.05, 3.63) is 57.8 Å². The Labute approximate surface area is 128 Å². The van der Waals surface area contributed by atoms with Crippen molar-refractivity contribution in [1.82, 2.24) is 10.2 Å². The lowest BCUT2D eigenvalue weighted by atomic mass is 9.94. The first-order chi connectivity index (χ1) is 10.3. The van der Waals surface area contributed by atoms with Crippen LogP contribution in [0.25, 0.3) is 0 Å². The van der Waals surface area contributed by atoms with Crippen LogP contribution in [-0.2, 0) is 6.54 Å². The van der Waals surface area contributed by atoms with E-state index >= 15 is 0 Å². The number of carbonyl (C=O) groups excluding carboxylic acids is 1.